The van der Waals surface area contributed by atoms with Crippen LogP contribution in [0.25, 0.3) is 0 Å². The Balaban J connectivity index is 4.01. The van der Waals surface area contributed by atoms with Crippen molar-refractivity contribution in [2.75, 3.05) is 32.1 Å². The number of carbonyl (C=O) groups is 1. The molecule has 96 valence electrons. The van der Waals surface area contributed by atoms with Gasteiger partial charge in [0.2, 0.25) is 5.91 Å². The number of rotatable bonds is 5. The van der Waals surface area contributed by atoms with Crippen molar-refractivity contribution in [1.29, 1.82) is 0 Å². The number of nitrogens with zero attached hydrogens (tertiary/aromatic N) is 1. The Bertz CT molecular complexity index is 330. The van der Waals surface area contributed by atoms with Gasteiger partial charge in [-0.15, -0.1) is 0 Å². The Morgan fingerprint density at radius 3 is 2.19 bits per heavy atom. The van der Waals surface area contributed by atoms with E-state index in [1.165, 1.54) is 11.2 Å². The van der Waals surface area contributed by atoms with Crippen LogP contribution in [0.2, 0.25) is 0 Å². The normalized spacial score (nSPS) is 12.6. The predicted molar refractivity (Wildman–Crippen MR) is 65.1 cm³/mol. The van der Waals surface area contributed by atoms with E-state index in [-0.39, 0.29) is 30.3 Å². The molecule has 16 heavy (non-hydrogen) atoms. The van der Waals surface area contributed by atoms with Crippen molar-refractivity contribution < 1.29 is 13.2 Å². The molecular weight excluding hydrogens is 228 g/mol. The van der Waals surface area contributed by atoms with Crippen molar-refractivity contribution in [2.45, 2.75) is 26.3 Å². The number of likely N-dealkylation sites (N-methyl/N-ethyl adjacent to an activating group) is 1. The van der Waals surface area contributed by atoms with E-state index in [0.29, 0.717) is 0 Å². The first kappa shape index (κ1) is 15.4. The third-order valence-corrected chi connectivity index (χ3v) is 2.92. The highest BCUT2D eigenvalue weighted by Gasteiger charge is 2.15. The maximum atomic E-state index is 11.6. The van der Waals surface area contributed by atoms with Crippen molar-refractivity contribution in [3.05, 3.63) is 0 Å². The minimum atomic E-state index is -3.01. The Hall–Kier alpha value is -0.620. The topological polar surface area (TPSA) is 66.5 Å². The first-order valence-electron chi connectivity index (χ1n) is 5.18. The first-order chi connectivity index (χ1) is 7.01. The van der Waals surface area contributed by atoms with Gasteiger partial charge in [-0.25, -0.2) is 8.42 Å². The molecule has 0 unspecified atom stereocenters. The molecule has 0 aromatic heterocycles. The molecule has 6 heteroatoms. The largest absolute Gasteiger partial charge is 0.344 e. The maximum Gasteiger partial charge on any atom is 0.236 e. The van der Waals surface area contributed by atoms with Crippen LogP contribution < -0.4 is 5.32 Å². The van der Waals surface area contributed by atoms with Crippen LogP contribution in [0.5, 0.6) is 0 Å². The monoisotopic (exact) mass is 250 g/mol. The number of sulfone groups is 1. The number of hydrogen-bond acceptors (Lipinski definition) is 4. The smallest absolute Gasteiger partial charge is 0.236 e. The van der Waals surface area contributed by atoms with Gasteiger partial charge >= 0.3 is 0 Å². The summed E-state index contributed by atoms with van der Waals surface area (Å²) in [5, 5.41) is 3.06. The van der Waals surface area contributed by atoms with Crippen molar-refractivity contribution in [3.63, 3.8) is 0 Å². The molecule has 1 amide bonds. The van der Waals surface area contributed by atoms with Gasteiger partial charge in [-0.05, 0) is 20.8 Å². The zero-order valence-corrected chi connectivity index (χ0v) is 11.5. The molecule has 0 radical (unpaired) electrons. The van der Waals surface area contributed by atoms with E-state index >= 15 is 0 Å². The average molecular weight is 250 g/mol. The van der Waals surface area contributed by atoms with Crippen molar-refractivity contribution in [1.82, 2.24) is 10.2 Å². The molecule has 0 fully saturated rings. The lowest BCUT2D eigenvalue weighted by Gasteiger charge is -2.23. The summed E-state index contributed by atoms with van der Waals surface area (Å²) in [6.07, 6.45) is 1.17. The lowest BCUT2D eigenvalue weighted by molar-refractivity contribution is -0.129. The van der Waals surface area contributed by atoms with Gasteiger partial charge in [-0.3, -0.25) is 4.79 Å². The van der Waals surface area contributed by atoms with Gasteiger partial charge in [-0.1, -0.05) is 0 Å². The molecule has 0 rings (SSSR count). The molecule has 0 bridgehead atoms. The van der Waals surface area contributed by atoms with Gasteiger partial charge < -0.3 is 10.2 Å². The molecule has 0 aliphatic carbocycles. The molecule has 0 heterocycles. The minimum absolute atomic E-state index is 0.00472. The van der Waals surface area contributed by atoms with E-state index in [2.05, 4.69) is 5.32 Å². The van der Waals surface area contributed by atoms with Crippen LogP contribution in [-0.2, 0) is 14.6 Å². The Labute approximate surface area is 98.1 Å². The van der Waals surface area contributed by atoms with Crippen LogP contribution in [0, 0.1) is 0 Å². The minimum Gasteiger partial charge on any atom is -0.344 e. The molecule has 0 saturated heterocycles. The number of nitrogens with one attached hydrogen (secondary N) is 1. The van der Waals surface area contributed by atoms with Crippen molar-refractivity contribution in [3.8, 4) is 0 Å². The molecule has 0 aliphatic rings. The fourth-order valence-electron chi connectivity index (χ4n) is 0.903. The second-order valence-corrected chi connectivity index (χ2v) is 7.31. The number of amides is 1. The fourth-order valence-corrected chi connectivity index (χ4v) is 1.51. The molecule has 0 atom stereocenters. The lowest BCUT2D eigenvalue weighted by Crippen LogP contribution is -2.44. The number of hydrogen-bond donors (Lipinski definition) is 1. The van der Waals surface area contributed by atoms with Gasteiger partial charge in [0.05, 0.1) is 12.3 Å². The van der Waals surface area contributed by atoms with E-state index in [1.54, 1.807) is 7.05 Å². The molecule has 0 spiro atoms. The predicted octanol–water partition coefficient (Wildman–Crippen LogP) is -0.122. The van der Waals surface area contributed by atoms with Gasteiger partial charge in [0.1, 0.15) is 9.84 Å². The second-order valence-electron chi connectivity index (χ2n) is 5.05. The van der Waals surface area contributed by atoms with Gasteiger partial charge in [0, 0.05) is 25.4 Å². The van der Waals surface area contributed by atoms with Crippen molar-refractivity contribution >= 4 is 15.7 Å². The molecule has 0 saturated carbocycles. The zero-order chi connectivity index (χ0) is 13.0. The van der Waals surface area contributed by atoms with Gasteiger partial charge in [0.25, 0.3) is 0 Å². The standard InChI is InChI=1S/C10H22N2O3S/c1-10(2,3)11-8-9(13)12(4)6-7-16(5,14)15/h11H,6-8H2,1-5H3. The molecule has 5 nitrogen and oxygen atoms in total. The van der Waals surface area contributed by atoms with E-state index in [1.807, 2.05) is 20.8 Å². The molecular formula is C10H22N2O3S. The highest BCUT2D eigenvalue weighted by atomic mass is 32.2. The summed E-state index contributed by atoms with van der Waals surface area (Å²) >= 11 is 0. The summed E-state index contributed by atoms with van der Waals surface area (Å²) in [6, 6.07) is 0. The SMILES string of the molecule is CN(CCS(C)(=O)=O)C(=O)CNC(C)(C)C. The lowest BCUT2D eigenvalue weighted by atomic mass is 10.1. The molecule has 1 N–H and O–H groups in total. The van der Waals surface area contributed by atoms with Crippen molar-refractivity contribution in [2.24, 2.45) is 0 Å². The molecule has 0 aromatic carbocycles. The summed E-state index contributed by atoms with van der Waals surface area (Å²) in [7, 11) is -1.40. The number of carbonyl (C=O) groups excluding carboxylic acids is 1. The highest BCUT2D eigenvalue weighted by molar-refractivity contribution is 7.90. The van der Waals surface area contributed by atoms with Gasteiger partial charge in [-0.2, -0.15) is 0 Å². The highest BCUT2D eigenvalue weighted by Crippen LogP contribution is 1.98. The Morgan fingerprint density at radius 2 is 1.81 bits per heavy atom. The van der Waals surface area contributed by atoms with Crippen LogP contribution in [0.3, 0.4) is 0 Å². The zero-order valence-electron chi connectivity index (χ0n) is 10.7. The van der Waals surface area contributed by atoms with Gasteiger partial charge in [0.15, 0.2) is 0 Å². The summed E-state index contributed by atoms with van der Waals surface area (Å²) in [4.78, 5) is 13.0. The van der Waals surface area contributed by atoms with Crippen LogP contribution >= 0.6 is 0 Å². The average Bonchev–Trinajstić information content (AvgIpc) is 2.07. The van der Waals surface area contributed by atoms with E-state index in [9.17, 15) is 13.2 Å². The van der Waals surface area contributed by atoms with E-state index in [0.717, 1.165) is 0 Å². The Kier molecular flexibility index (Phi) is 5.41. The summed E-state index contributed by atoms with van der Waals surface area (Å²) < 4.78 is 21.8. The van der Waals surface area contributed by atoms with Crippen LogP contribution in [0.15, 0.2) is 0 Å². The third-order valence-electron chi connectivity index (χ3n) is 1.99. The molecule has 0 aromatic rings. The summed E-state index contributed by atoms with van der Waals surface area (Å²) in [5.41, 5.74) is -0.118. The Morgan fingerprint density at radius 1 is 1.31 bits per heavy atom. The maximum absolute atomic E-state index is 11.6. The van der Waals surface area contributed by atoms with Crippen LogP contribution in [-0.4, -0.2) is 56.9 Å². The summed E-state index contributed by atoms with van der Waals surface area (Å²) in [5.74, 6) is -0.0938. The van der Waals surface area contributed by atoms with E-state index < -0.39 is 9.84 Å². The summed E-state index contributed by atoms with van der Waals surface area (Å²) in [6.45, 7) is 6.37. The second kappa shape index (κ2) is 5.63. The quantitative estimate of drug-likeness (QED) is 0.738. The fraction of sp³-hybridized carbons (Fsp3) is 0.900. The third kappa shape index (κ3) is 8.67. The molecule has 0 aliphatic heterocycles. The van der Waals surface area contributed by atoms with Crippen LogP contribution in [0.4, 0.5) is 0 Å². The first-order valence-corrected chi connectivity index (χ1v) is 7.24. The van der Waals surface area contributed by atoms with E-state index in [4.69, 9.17) is 0 Å². The van der Waals surface area contributed by atoms with Crippen LogP contribution in [0.1, 0.15) is 20.8 Å².